The number of aliphatic hydroxyl groups is 1. The van der Waals surface area contributed by atoms with Crippen LogP contribution in [0.1, 0.15) is 23.1 Å². The van der Waals surface area contributed by atoms with E-state index in [0.29, 0.717) is 12.2 Å². The van der Waals surface area contributed by atoms with Crippen molar-refractivity contribution in [3.63, 3.8) is 0 Å². The van der Waals surface area contributed by atoms with E-state index >= 15 is 0 Å². The summed E-state index contributed by atoms with van der Waals surface area (Å²) in [6.45, 7) is 0.316. The number of aromatic nitrogens is 1. The second-order valence-corrected chi connectivity index (χ2v) is 7.14. The summed E-state index contributed by atoms with van der Waals surface area (Å²) in [5.41, 5.74) is 9.72. The van der Waals surface area contributed by atoms with E-state index in [-0.39, 0.29) is 19.2 Å². The molecule has 0 bridgehead atoms. The Kier molecular flexibility index (Phi) is 4.38. The summed E-state index contributed by atoms with van der Waals surface area (Å²) in [4.78, 5) is 8.94. The molecule has 6 nitrogen and oxygen atoms in total. The zero-order valence-electron chi connectivity index (χ0n) is 16.1. The zero-order valence-corrected chi connectivity index (χ0v) is 16.1. The number of fused-ring (bicyclic) bond motifs is 4. The molecule has 0 radical (unpaired) electrons. The van der Waals surface area contributed by atoms with Crippen molar-refractivity contribution in [3.8, 4) is 34.5 Å². The van der Waals surface area contributed by atoms with Crippen molar-refractivity contribution < 1.29 is 14.6 Å². The topological polar surface area (TPSA) is 90.0 Å². The maximum atomic E-state index is 8.99. The van der Waals surface area contributed by atoms with Gasteiger partial charge in [-0.25, -0.2) is 4.99 Å². The van der Waals surface area contributed by atoms with E-state index in [0.717, 1.165) is 33.6 Å². The minimum Gasteiger partial charge on any atom is -0.462 e. The Hall–Kier alpha value is -3.82. The predicted molar refractivity (Wildman–Crippen MR) is 113 cm³/mol. The number of hydrogen-bond donors (Lipinski definition) is 2. The number of nitrogens with two attached hydrogens (primary N) is 1. The van der Waals surface area contributed by atoms with Crippen LogP contribution in [0.15, 0.2) is 65.9 Å². The quantitative estimate of drug-likeness (QED) is 0.649. The third-order valence-electron chi connectivity index (χ3n) is 5.26. The molecule has 2 aliphatic heterocycles. The van der Waals surface area contributed by atoms with Gasteiger partial charge in [0, 0.05) is 41.1 Å². The number of rotatable bonds is 2. The zero-order chi connectivity index (χ0) is 20.6. The molecule has 0 saturated carbocycles. The second kappa shape index (κ2) is 7.21. The van der Waals surface area contributed by atoms with Crippen LogP contribution in [0.5, 0.6) is 11.5 Å². The van der Waals surface area contributed by atoms with Crippen LogP contribution in [0.2, 0.25) is 0 Å². The van der Waals surface area contributed by atoms with Gasteiger partial charge >= 0.3 is 0 Å². The lowest BCUT2D eigenvalue weighted by molar-refractivity contribution is 0.264. The third-order valence-corrected chi connectivity index (χ3v) is 5.26. The molecule has 5 rings (SSSR count). The summed E-state index contributed by atoms with van der Waals surface area (Å²) in [6, 6.07) is 15.8. The number of aliphatic hydroxyl groups excluding tert-OH is 1. The van der Waals surface area contributed by atoms with E-state index in [1.54, 1.807) is 6.20 Å². The Morgan fingerprint density at radius 1 is 1.07 bits per heavy atom. The molecular weight excluding hydrogens is 378 g/mol. The molecular formula is C24H19N3O3. The first kappa shape index (κ1) is 18.2. The highest BCUT2D eigenvalue weighted by Crippen LogP contribution is 2.51. The van der Waals surface area contributed by atoms with E-state index in [1.807, 2.05) is 48.7 Å². The van der Waals surface area contributed by atoms with Crippen LogP contribution in [0, 0.1) is 11.8 Å². The summed E-state index contributed by atoms with van der Waals surface area (Å²) in [7, 11) is 0. The smallest absolute Gasteiger partial charge is 0.283 e. The number of amidine groups is 1. The number of aliphatic imine (C=N–C) groups is 1. The molecule has 148 valence electrons. The Morgan fingerprint density at radius 2 is 1.90 bits per heavy atom. The van der Waals surface area contributed by atoms with Gasteiger partial charge in [-0.15, -0.1) is 0 Å². The van der Waals surface area contributed by atoms with Crippen LogP contribution in [-0.4, -0.2) is 29.3 Å². The Morgan fingerprint density at radius 3 is 2.63 bits per heavy atom. The van der Waals surface area contributed by atoms with Gasteiger partial charge in [0.15, 0.2) is 5.54 Å². The van der Waals surface area contributed by atoms with Crippen molar-refractivity contribution >= 4 is 6.02 Å². The van der Waals surface area contributed by atoms with Crippen molar-refractivity contribution in [2.45, 2.75) is 12.0 Å². The maximum Gasteiger partial charge on any atom is 0.283 e. The van der Waals surface area contributed by atoms with Gasteiger partial charge in [0.05, 0.1) is 6.61 Å². The first-order valence-electron chi connectivity index (χ1n) is 9.65. The van der Waals surface area contributed by atoms with Gasteiger partial charge in [-0.05, 0) is 42.0 Å². The molecule has 2 aromatic carbocycles. The standard InChI is InChI=1S/C24H19N3O3/c25-23-27-24(15-29-23)19-12-16(4-1-2-11-28)6-8-21(19)30-22-9-7-17(13-20(22)24)18-5-3-10-26-14-18/h3,5-10,12-14,28H,2,11,15H2,(H2,25,27)/t24-/m1/s1. The van der Waals surface area contributed by atoms with E-state index < -0.39 is 5.54 Å². The summed E-state index contributed by atoms with van der Waals surface area (Å²) < 4.78 is 11.8. The van der Waals surface area contributed by atoms with Crippen molar-refractivity contribution in [1.82, 2.24) is 4.98 Å². The van der Waals surface area contributed by atoms with E-state index in [9.17, 15) is 0 Å². The second-order valence-electron chi connectivity index (χ2n) is 7.14. The van der Waals surface area contributed by atoms with Crippen LogP contribution in [-0.2, 0) is 10.3 Å². The lowest BCUT2D eigenvalue weighted by atomic mass is 9.80. The van der Waals surface area contributed by atoms with Crippen molar-refractivity contribution in [1.29, 1.82) is 0 Å². The van der Waals surface area contributed by atoms with Crippen molar-refractivity contribution in [2.24, 2.45) is 10.7 Å². The summed E-state index contributed by atoms with van der Waals surface area (Å²) >= 11 is 0. The first-order chi connectivity index (χ1) is 14.7. The lowest BCUT2D eigenvalue weighted by Crippen LogP contribution is -2.31. The Labute approximate surface area is 174 Å². The fraction of sp³-hybridized carbons (Fsp3) is 0.167. The average molecular weight is 397 g/mol. The first-order valence-corrected chi connectivity index (χ1v) is 9.65. The Balaban J connectivity index is 1.68. The minimum absolute atomic E-state index is 0.0319. The number of pyridine rings is 1. The van der Waals surface area contributed by atoms with Gasteiger partial charge in [0.1, 0.15) is 18.1 Å². The number of hydrogen-bond acceptors (Lipinski definition) is 6. The highest BCUT2D eigenvalue weighted by atomic mass is 16.5. The predicted octanol–water partition coefficient (Wildman–Crippen LogP) is 3.18. The fourth-order valence-corrected chi connectivity index (χ4v) is 3.87. The normalized spacial score (nSPS) is 18.4. The molecule has 30 heavy (non-hydrogen) atoms. The third kappa shape index (κ3) is 2.97. The van der Waals surface area contributed by atoms with E-state index in [2.05, 4.69) is 22.9 Å². The Bertz CT molecular complexity index is 1210. The summed E-state index contributed by atoms with van der Waals surface area (Å²) in [5.74, 6) is 7.46. The SMILES string of the molecule is NC1=N[C@]2(CO1)c1cc(C#CCCO)ccc1Oc1ccc(-c3cccnc3)cc12. The van der Waals surface area contributed by atoms with Gasteiger partial charge in [-0.2, -0.15) is 0 Å². The highest BCUT2D eigenvalue weighted by Gasteiger charge is 2.47. The molecule has 0 saturated heterocycles. The van der Waals surface area contributed by atoms with Crippen LogP contribution in [0.4, 0.5) is 0 Å². The van der Waals surface area contributed by atoms with Gasteiger partial charge in [0.25, 0.3) is 6.02 Å². The molecule has 1 atom stereocenters. The van der Waals surface area contributed by atoms with Crippen LogP contribution >= 0.6 is 0 Å². The van der Waals surface area contributed by atoms with Crippen LogP contribution < -0.4 is 10.5 Å². The number of nitrogens with zero attached hydrogens (tertiary/aromatic N) is 2. The molecule has 0 aliphatic carbocycles. The molecule has 1 spiro atoms. The molecule has 1 aromatic heterocycles. The molecule has 3 aromatic rings. The molecule has 6 heteroatoms. The van der Waals surface area contributed by atoms with E-state index in [1.165, 1.54) is 0 Å². The van der Waals surface area contributed by atoms with Gasteiger partial charge < -0.3 is 20.3 Å². The molecule has 0 fully saturated rings. The van der Waals surface area contributed by atoms with E-state index in [4.69, 9.17) is 25.3 Å². The van der Waals surface area contributed by atoms with Crippen molar-refractivity contribution in [2.75, 3.05) is 13.2 Å². The largest absolute Gasteiger partial charge is 0.462 e. The van der Waals surface area contributed by atoms with Crippen LogP contribution in [0.3, 0.4) is 0 Å². The van der Waals surface area contributed by atoms with Gasteiger partial charge in [0.2, 0.25) is 0 Å². The highest BCUT2D eigenvalue weighted by molar-refractivity contribution is 5.78. The van der Waals surface area contributed by atoms with Crippen LogP contribution in [0.25, 0.3) is 11.1 Å². The molecule has 3 N–H and O–H groups in total. The molecule has 0 unspecified atom stereocenters. The molecule has 0 amide bonds. The number of ether oxygens (including phenoxy) is 2. The summed E-state index contributed by atoms with van der Waals surface area (Å²) in [6.07, 6.45) is 3.99. The number of benzene rings is 2. The molecule has 2 aliphatic rings. The fourth-order valence-electron chi connectivity index (χ4n) is 3.87. The summed E-state index contributed by atoms with van der Waals surface area (Å²) in [5, 5.41) is 8.99. The van der Waals surface area contributed by atoms with Crippen molar-refractivity contribution in [3.05, 3.63) is 77.6 Å². The molecule has 3 heterocycles. The van der Waals surface area contributed by atoms with Gasteiger partial charge in [-0.3, -0.25) is 4.98 Å². The monoisotopic (exact) mass is 397 g/mol. The average Bonchev–Trinajstić information content (AvgIpc) is 3.17. The minimum atomic E-state index is -0.806. The van der Waals surface area contributed by atoms with Gasteiger partial charge in [-0.1, -0.05) is 24.0 Å². The maximum absolute atomic E-state index is 8.99. The lowest BCUT2D eigenvalue weighted by Gasteiger charge is -2.33.